The Morgan fingerprint density at radius 3 is 3.06 bits per heavy atom. The summed E-state index contributed by atoms with van der Waals surface area (Å²) in [7, 11) is 0. The molecule has 0 amide bonds. The predicted octanol–water partition coefficient (Wildman–Crippen LogP) is 1.35. The lowest BCUT2D eigenvalue weighted by Gasteiger charge is -2.17. The Kier molecular flexibility index (Phi) is 3.56. The number of nitrogens with one attached hydrogen (secondary N) is 2. The molecule has 1 aliphatic heterocycles. The predicted molar refractivity (Wildman–Crippen MR) is 66.4 cm³/mol. The van der Waals surface area contributed by atoms with Crippen molar-refractivity contribution < 1.29 is 0 Å². The summed E-state index contributed by atoms with van der Waals surface area (Å²) in [4.78, 5) is 4.12. The lowest BCUT2D eigenvalue weighted by Crippen LogP contribution is -2.32. The molecular weight excluding hydrogens is 198 g/mol. The summed E-state index contributed by atoms with van der Waals surface area (Å²) in [6.07, 6.45) is 6.03. The average Bonchev–Trinajstić information content (AvgIpc) is 2.60. The van der Waals surface area contributed by atoms with E-state index in [0.29, 0.717) is 11.6 Å². The Labute approximate surface area is 97.7 Å². The van der Waals surface area contributed by atoms with E-state index >= 15 is 0 Å². The van der Waals surface area contributed by atoms with Gasteiger partial charge in [0, 0.05) is 30.5 Å². The molecule has 1 aromatic rings. The van der Waals surface area contributed by atoms with Gasteiger partial charge in [0.2, 0.25) is 0 Å². The first kappa shape index (κ1) is 11.6. The van der Waals surface area contributed by atoms with Crippen molar-refractivity contribution >= 4 is 0 Å². The Bertz CT molecular complexity index is 321. The van der Waals surface area contributed by atoms with Crippen molar-refractivity contribution in [3.63, 3.8) is 0 Å². The van der Waals surface area contributed by atoms with Crippen LogP contribution in [0.5, 0.6) is 0 Å². The Balaban J connectivity index is 1.70. The largest absolute Gasteiger partial charge is 0.312 e. The topological polar surface area (TPSA) is 37.0 Å². The molecule has 0 spiro atoms. The highest BCUT2D eigenvalue weighted by atomic mass is 15.1. The van der Waals surface area contributed by atoms with Crippen LogP contribution in [0.25, 0.3) is 0 Å². The molecule has 2 N–H and O–H groups in total. The molecule has 0 aromatic carbocycles. The maximum atomic E-state index is 4.12. The van der Waals surface area contributed by atoms with Crippen LogP contribution in [0.1, 0.15) is 25.8 Å². The molecule has 1 saturated heterocycles. The molecule has 2 rings (SSSR count). The highest BCUT2D eigenvalue weighted by molar-refractivity contribution is 5.08. The van der Waals surface area contributed by atoms with Crippen molar-refractivity contribution in [1.82, 2.24) is 15.6 Å². The van der Waals surface area contributed by atoms with E-state index in [2.05, 4.69) is 35.5 Å². The number of nitrogens with zero attached hydrogens (tertiary/aromatic N) is 1. The van der Waals surface area contributed by atoms with Crippen molar-refractivity contribution in [2.24, 2.45) is 0 Å². The minimum Gasteiger partial charge on any atom is -0.312 e. The summed E-state index contributed by atoms with van der Waals surface area (Å²) in [5, 5.41) is 7.12. The molecule has 0 bridgehead atoms. The quantitative estimate of drug-likeness (QED) is 0.802. The fourth-order valence-corrected chi connectivity index (χ4v) is 2.27. The van der Waals surface area contributed by atoms with Gasteiger partial charge in [0.15, 0.2) is 0 Å². The summed E-state index contributed by atoms with van der Waals surface area (Å²) in [6, 6.07) is 4.74. The second-order valence-electron chi connectivity index (χ2n) is 5.23. The van der Waals surface area contributed by atoms with E-state index in [9.17, 15) is 0 Å². The SMILES string of the molecule is CC1(C)CC(NCCc2cccnc2)CN1. The van der Waals surface area contributed by atoms with Gasteiger partial charge in [-0.15, -0.1) is 0 Å². The third-order valence-corrected chi connectivity index (χ3v) is 3.15. The van der Waals surface area contributed by atoms with Gasteiger partial charge in [-0.2, -0.15) is 0 Å². The lowest BCUT2D eigenvalue weighted by atomic mass is 10.0. The molecule has 3 nitrogen and oxygen atoms in total. The number of aromatic nitrogens is 1. The maximum absolute atomic E-state index is 4.12. The first-order valence-corrected chi connectivity index (χ1v) is 6.03. The summed E-state index contributed by atoms with van der Waals surface area (Å²) >= 11 is 0. The Morgan fingerprint density at radius 2 is 2.44 bits per heavy atom. The second kappa shape index (κ2) is 4.93. The number of rotatable bonds is 4. The van der Waals surface area contributed by atoms with Crippen molar-refractivity contribution in [3.8, 4) is 0 Å². The van der Waals surface area contributed by atoms with Crippen LogP contribution in [0.3, 0.4) is 0 Å². The van der Waals surface area contributed by atoms with E-state index < -0.39 is 0 Å². The van der Waals surface area contributed by atoms with E-state index in [1.54, 1.807) is 0 Å². The van der Waals surface area contributed by atoms with Crippen LogP contribution in [0, 0.1) is 0 Å². The zero-order valence-electron chi connectivity index (χ0n) is 10.2. The van der Waals surface area contributed by atoms with Crippen molar-refractivity contribution in [3.05, 3.63) is 30.1 Å². The minimum atomic E-state index is 0.298. The second-order valence-corrected chi connectivity index (χ2v) is 5.23. The standard InChI is InChI=1S/C13H21N3/c1-13(2)8-12(10-16-13)15-7-5-11-4-3-6-14-9-11/h3-4,6,9,12,15-16H,5,7-8,10H2,1-2H3. The van der Waals surface area contributed by atoms with Gasteiger partial charge in [-0.3, -0.25) is 4.98 Å². The van der Waals surface area contributed by atoms with Crippen LogP contribution in [-0.4, -0.2) is 29.7 Å². The first-order chi connectivity index (χ1) is 7.66. The van der Waals surface area contributed by atoms with Crippen molar-refractivity contribution in [2.45, 2.75) is 38.3 Å². The van der Waals surface area contributed by atoms with Crippen LogP contribution >= 0.6 is 0 Å². The van der Waals surface area contributed by atoms with Gasteiger partial charge in [0.25, 0.3) is 0 Å². The molecule has 1 aliphatic rings. The fraction of sp³-hybridized carbons (Fsp3) is 0.615. The summed E-state index contributed by atoms with van der Waals surface area (Å²) in [5.74, 6) is 0. The molecule has 0 saturated carbocycles. The Morgan fingerprint density at radius 1 is 1.56 bits per heavy atom. The van der Waals surface area contributed by atoms with Gasteiger partial charge in [0.1, 0.15) is 0 Å². The highest BCUT2D eigenvalue weighted by Gasteiger charge is 2.29. The van der Waals surface area contributed by atoms with E-state index in [1.807, 2.05) is 18.5 Å². The van der Waals surface area contributed by atoms with Gasteiger partial charge in [-0.1, -0.05) is 6.07 Å². The van der Waals surface area contributed by atoms with Crippen molar-refractivity contribution in [2.75, 3.05) is 13.1 Å². The number of hydrogen-bond acceptors (Lipinski definition) is 3. The van der Waals surface area contributed by atoms with Gasteiger partial charge in [-0.25, -0.2) is 0 Å². The van der Waals surface area contributed by atoms with Gasteiger partial charge in [-0.05, 0) is 44.9 Å². The third kappa shape index (κ3) is 3.29. The first-order valence-electron chi connectivity index (χ1n) is 6.03. The molecule has 1 fully saturated rings. The maximum Gasteiger partial charge on any atom is 0.0300 e. The third-order valence-electron chi connectivity index (χ3n) is 3.15. The average molecular weight is 219 g/mol. The Hall–Kier alpha value is -0.930. The van der Waals surface area contributed by atoms with E-state index in [0.717, 1.165) is 19.5 Å². The molecule has 1 aromatic heterocycles. The van der Waals surface area contributed by atoms with Gasteiger partial charge < -0.3 is 10.6 Å². The molecule has 3 heteroatoms. The van der Waals surface area contributed by atoms with E-state index in [1.165, 1.54) is 12.0 Å². The monoisotopic (exact) mass is 219 g/mol. The van der Waals surface area contributed by atoms with E-state index in [4.69, 9.17) is 0 Å². The molecule has 1 atom stereocenters. The molecule has 0 radical (unpaired) electrons. The smallest absolute Gasteiger partial charge is 0.0300 e. The van der Waals surface area contributed by atoms with Crippen molar-refractivity contribution in [1.29, 1.82) is 0 Å². The van der Waals surface area contributed by atoms with E-state index in [-0.39, 0.29) is 0 Å². The summed E-state index contributed by atoms with van der Waals surface area (Å²) in [6.45, 7) is 6.64. The van der Waals surface area contributed by atoms with Crippen LogP contribution in [0.4, 0.5) is 0 Å². The zero-order valence-corrected chi connectivity index (χ0v) is 10.2. The van der Waals surface area contributed by atoms with Crippen LogP contribution in [0.15, 0.2) is 24.5 Å². The van der Waals surface area contributed by atoms with Gasteiger partial charge >= 0.3 is 0 Å². The fourth-order valence-electron chi connectivity index (χ4n) is 2.27. The van der Waals surface area contributed by atoms with Crippen LogP contribution in [-0.2, 0) is 6.42 Å². The summed E-state index contributed by atoms with van der Waals surface area (Å²) in [5.41, 5.74) is 1.60. The zero-order chi connectivity index (χ0) is 11.4. The summed E-state index contributed by atoms with van der Waals surface area (Å²) < 4.78 is 0. The highest BCUT2D eigenvalue weighted by Crippen LogP contribution is 2.17. The number of hydrogen-bond donors (Lipinski definition) is 2. The van der Waals surface area contributed by atoms with Crippen LogP contribution in [0.2, 0.25) is 0 Å². The lowest BCUT2D eigenvalue weighted by molar-refractivity contribution is 0.443. The molecule has 1 unspecified atom stereocenters. The molecule has 2 heterocycles. The molecular formula is C13H21N3. The minimum absolute atomic E-state index is 0.298. The van der Waals surface area contributed by atoms with Gasteiger partial charge in [0.05, 0.1) is 0 Å². The number of pyridine rings is 1. The molecule has 16 heavy (non-hydrogen) atoms. The van der Waals surface area contributed by atoms with Crippen LogP contribution < -0.4 is 10.6 Å². The molecule has 88 valence electrons. The normalized spacial score (nSPS) is 23.5. The molecule has 0 aliphatic carbocycles.